The minimum atomic E-state index is -0.862. The van der Waals surface area contributed by atoms with E-state index in [4.69, 9.17) is 11.6 Å². The van der Waals surface area contributed by atoms with Crippen LogP contribution in [0.15, 0.2) is 6.07 Å². The van der Waals surface area contributed by atoms with Crippen molar-refractivity contribution < 1.29 is 9.90 Å². The Kier molecular flexibility index (Phi) is 5.01. The van der Waals surface area contributed by atoms with Gasteiger partial charge in [-0.1, -0.05) is 31.4 Å². The Hall–Kier alpha value is -1.02. The van der Waals surface area contributed by atoms with Gasteiger partial charge < -0.3 is 5.11 Å². The number of halogens is 1. The van der Waals surface area contributed by atoms with E-state index in [2.05, 4.69) is 6.92 Å². The zero-order valence-corrected chi connectivity index (χ0v) is 11.4. The second kappa shape index (κ2) is 6.06. The van der Waals surface area contributed by atoms with Gasteiger partial charge in [-0.25, -0.2) is 4.79 Å². The Balaban J connectivity index is 3.15. The summed E-state index contributed by atoms with van der Waals surface area (Å²) >= 11 is 6.18. The number of aromatic carboxylic acids is 1. The summed E-state index contributed by atoms with van der Waals surface area (Å²) in [6.45, 7) is 5.88. The van der Waals surface area contributed by atoms with Crippen molar-refractivity contribution in [2.24, 2.45) is 0 Å². The number of carboxylic acid groups (broad SMARTS) is 1. The smallest absolute Gasteiger partial charge is 0.335 e. The number of hydrogen-bond donors (Lipinski definition) is 1. The van der Waals surface area contributed by atoms with E-state index in [1.807, 2.05) is 13.8 Å². The zero-order valence-electron chi connectivity index (χ0n) is 10.6. The van der Waals surface area contributed by atoms with Gasteiger partial charge in [0.05, 0.1) is 5.56 Å². The largest absolute Gasteiger partial charge is 0.478 e. The average molecular weight is 255 g/mol. The molecule has 0 amide bonds. The van der Waals surface area contributed by atoms with Gasteiger partial charge in [0, 0.05) is 5.02 Å². The fourth-order valence-corrected chi connectivity index (χ4v) is 2.23. The molecule has 0 unspecified atom stereocenters. The van der Waals surface area contributed by atoms with Crippen LogP contribution in [0.3, 0.4) is 0 Å². The molecule has 0 heterocycles. The highest BCUT2D eigenvalue weighted by Crippen LogP contribution is 2.28. The van der Waals surface area contributed by atoms with E-state index < -0.39 is 5.97 Å². The molecule has 1 aromatic carbocycles. The minimum Gasteiger partial charge on any atom is -0.478 e. The van der Waals surface area contributed by atoms with Crippen LogP contribution in [0.1, 0.15) is 53.2 Å². The summed E-state index contributed by atoms with van der Waals surface area (Å²) in [5, 5.41) is 9.91. The van der Waals surface area contributed by atoms with Gasteiger partial charge in [0.15, 0.2) is 0 Å². The van der Waals surface area contributed by atoms with Gasteiger partial charge >= 0.3 is 5.97 Å². The summed E-state index contributed by atoms with van der Waals surface area (Å²) in [6, 6.07) is 1.68. The van der Waals surface area contributed by atoms with Crippen molar-refractivity contribution in [1.29, 1.82) is 0 Å². The van der Waals surface area contributed by atoms with Crippen molar-refractivity contribution in [3.05, 3.63) is 33.3 Å². The van der Waals surface area contributed by atoms with Gasteiger partial charge in [0.1, 0.15) is 0 Å². The molecule has 3 heteroatoms. The lowest BCUT2D eigenvalue weighted by molar-refractivity contribution is 0.0695. The molecule has 0 radical (unpaired) electrons. The predicted molar refractivity (Wildman–Crippen MR) is 71.1 cm³/mol. The Bertz CT molecular complexity index is 425. The topological polar surface area (TPSA) is 37.3 Å². The third-order valence-electron chi connectivity index (χ3n) is 3.07. The number of carboxylic acids is 1. The zero-order chi connectivity index (χ0) is 13.0. The van der Waals surface area contributed by atoms with E-state index in [1.165, 1.54) is 0 Å². The van der Waals surface area contributed by atoms with Crippen LogP contribution in [0.4, 0.5) is 0 Å². The summed E-state index contributed by atoms with van der Waals surface area (Å²) in [5.41, 5.74) is 3.04. The molecule has 1 rings (SSSR count). The molecule has 0 saturated carbocycles. The quantitative estimate of drug-likeness (QED) is 0.792. The van der Waals surface area contributed by atoms with E-state index in [-0.39, 0.29) is 0 Å². The standard InChI is InChI=1S/C14H19ClO2/c1-4-5-6-7-11-10(3)13(15)9(2)8-12(11)14(16)17/h8H,4-7H2,1-3H3,(H,16,17). The molecule has 2 nitrogen and oxygen atoms in total. The second-order valence-electron chi connectivity index (χ2n) is 4.42. The number of hydrogen-bond acceptors (Lipinski definition) is 1. The molecule has 0 spiro atoms. The molecule has 0 bridgehead atoms. The maximum atomic E-state index is 11.2. The van der Waals surface area contributed by atoms with Gasteiger partial charge in [-0.2, -0.15) is 0 Å². The SMILES string of the molecule is CCCCCc1c(C(=O)O)cc(C)c(Cl)c1C. The van der Waals surface area contributed by atoms with Crippen molar-refractivity contribution in [3.8, 4) is 0 Å². The highest BCUT2D eigenvalue weighted by molar-refractivity contribution is 6.32. The maximum Gasteiger partial charge on any atom is 0.335 e. The highest BCUT2D eigenvalue weighted by atomic mass is 35.5. The summed E-state index contributed by atoms with van der Waals surface area (Å²) in [7, 11) is 0. The van der Waals surface area contributed by atoms with Crippen molar-refractivity contribution >= 4 is 17.6 Å². The first-order valence-electron chi connectivity index (χ1n) is 6.00. The molecule has 17 heavy (non-hydrogen) atoms. The summed E-state index contributed by atoms with van der Waals surface area (Å²) in [4.78, 5) is 11.2. The number of unbranched alkanes of at least 4 members (excludes halogenated alkanes) is 2. The fraction of sp³-hybridized carbons (Fsp3) is 0.500. The van der Waals surface area contributed by atoms with Crippen LogP contribution in [-0.4, -0.2) is 11.1 Å². The van der Waals surface area contributed by atoms with Crippen LogP contribution in [0, 0.1) is 13.8 Å². The predicted octanol–water partition coefficient (Wildman–Crippen LogP) is 4.39. The molecule has 0 aliphatic rings. The van der Waals surface area contributed by atoms with Gasteiger partial charge in [-0.3, -0.25) is 0 Å². The van der Waals surface area contributed by atoms with Crippen LogP contribution in [0.25, 0.3) is 0 Å². The number of benzene rings is 1. The molecule has 1 N–H and O–H groups in total. The van der Waals surface area contributed by atoms with E-state index in [0.717, 1.165) is 42.4 Å². The Morgan fingerprint density at radius 3 is 2.53 bits per heavy atom. The molecule has 1 aromatic rings. The highest BCUT2D eigenvalue weighted by Gasteiger charge is 2.16. The summed E-state index contributed by atoms with van der Waals surface area (Å²) < 4.78 is 0. The van der Waals surface area contributed by atoms with Gasteiger partial charge in [0.25, 0.3) is 0 Å². The first-order chi connectivity index (χ1) is 7.99. The van der Waals surface area contributed by atoms with Crippen molar-refractivity contribution in [2.75, 3.05) is 0 Å². The molecule has 0 aromatic heterocycles. The average Bonchev–Trinajstić information content (AvgIpc) is 2.28. The van der Waals surface area contributed by atoms with E-state index in [1.54, 1.807) is 6.07 Å². The van der Waals surface area contributed by atoms with Gasteiger partial charge in [0.2, 0.25) is 0 Å². The molecular weight excluding hydrogens is 236 g/mol. The van der Waals surface area contributed by atoms with Crippen LogP contribution >= 0.6 is 11.6 Å². The summed E-state index contributed by atoms with van der Waals surface area (Å²) in [6.07, 6.45) is 4.04. The van der Waals surface area contributed by atoms with Crippen molar-refractivity contribution in [2.45, 2.75) is 46.5 Å². The molecule has 94 valence electrons. The normalized spacial score (nSPS) is 10.6. The number of aryl methyl sites for hydroxylation is 1. The lowest BCUT2D eigenvalue weighted by Gasteiger charge is -2.13. The Morgan fingerprint density at radius 2 is 2.00 bits per heavy atom. The van der Waals surface area contributed by atoms with Crippen LogP contribution in [0.2, 0.25) is 5.02 Å². The first kappa shape index (κ1) is 14.0. The van der Waals surface area contributed by atoms with Crippen molar-refractivity contribution in [3.63, 3.8) is 0 Å². The third kappa shape index (κ3) is 3.22. The Labute approximate surface area is 108 Å². The van der Waals surface area contributed by atoms with E-state index in [0.29, 0.717) is 10.6 Å². The molecule has 0 aliphatic carbocycles. The second-order valence-corrected chi connectivity index (χ2v) is 4.80. The molecule has 0 atom stereocenters. The van der Waals surface area contributed by atoms with E-state index in [9.17, 15) is 9.90 Å². The molecule has 0 fully saturated rings. The van der Waals surface area contributed by atoms with Gasteiger partial charge in [-0.15, -0.1) is 0 Å². The minimum absolute atomic E-state index is 0.403. The van der Waals surface area contributed by atoms with Crippen LogP contribution in [-0.2, 0) is 6.42 Å². The van der Waals surface area contributed by atoms with Crippen LogP contribution in [0.5, 0.6) is 0 Å². The van der Waals surface area contributed by atoms with E-state index >= 15 is 0 Å². The number of rotatable bonds is 5. The fourth-order valence-electron chi connectivity index (χ4n) is 2.06. The first-order valence-corrected chi connectivity index (χ1v) is 6.38. The lowest BCUT2D eigenvalue weighted by Crippen LogP contribution is -2.06. The third-order valence-corrected chi connectivity index (χ3v) is 3.66. The molecule has 0 aliphatic heterocycles. The molecular formula is C14H19ClO2. The monoisotopic (exact) mass is 254 g/mol. The number of carbonyl (C=O) groups is 1. The Morgan fingerprint density at radius 1 is 1.35 bits per heavy atom. The lowest BCUT2D eigenvalue weighted by atomic mass is 9.94. The summed E-state index contributed by atoms with van der Waals surface area (Å²) in [5.74, 6) is -0.862. The van der Waals surface area contributed by atoms with Crippen LogP contribution < -0.4 is 0 Å². The van der Waals surface area contributed by atoms with Gasteiger partial charge in [-0.05, 0) is 49.4 Å². The van der Waals surface area contributed by atoms with Crippen molar-refractivity contribution in [1.82, 2.24) is 0 Å². The molecule has 0 saturated heterocycles. The maximum absolute atomic E-state index is 11.2.